The molecule has 1 amide bonds. The van der Waals surface area contributed by atoms with E-state index >= 15 is 0 Å². The zero-order chi connectivity index (χ0) is 20.4. The Morgan fingerprint density at radius 2 is 2.00 bits per heavy atom. The predicted octanol–water partition coefficient (Wildman–Crippen LogP) is 4.76. The Hall–Kier alpha value is -3.45. The summed E-state index contributed by atoms with van der Waals surface area (Å²) >= 11 is 5.83. The molecule has 1 N–H and O–H groups in total. The van der Waals surface area contributed by atoms with Crippen molar-refractivity contribution >= 4 is 29.4 Å². The Kier molecular flexibility index (Phi) is 5.14. The van der Waals surface area contributed by atoms with Gasteiger partial charge in [-0.3, -0.25) is 14.9 Å². The van der Waals surface area contributed by atoms with Gasteiger partial charge in [-0.25, -0.2) is 5.43 Å². The zero-order valence-corrected chi connectivity index (χ0v) is 15.9. The van der Waals surface area contributed by atoms with Crippen LogP contribution in [0.3, 0.4) is 0 Å². The highest BCUT2D eigenvalue weighted by molar-refractivity contribution is 6.32. The number of benzene rings is 2. The number of halogens is 1. The molecule has 7 nitrogen and oxygen atoms in total. The third kappa shape index (κ3) is 4.20. The summed E-state index contributed by atoms with van der Waals surface area (Å²) < 4.78 is 5.63. The summed E-state index contributed by atoms with van der Waals surface area (Å²) in [5, 5.41) is 15.0. The maximum Gasteiger partial charge on any atom is 0.288 e. The van der Waals surface area contributed by atoms with E-state index < -0.39 is 4.92 Å². The molecule has 1 fully saturated rings. The summed E-state index contributed by atoms with van der Waals surface area (Å²) in [6, 6.07) is 17.7. The Labute approximate surface area is 171 Å². The van der Waals surface area contributed by atoms with Gasteiger partial charge in [-0.05, 0) is 42.2 Å². The predicted molar refractivity (Wildman–Crippen MR) is 109 cm³/mol. The number of nitrogens with one attached hydrogen (secondary N) is 1. The summed E-state index contributed by atoms with van der Waals surface area (Å²) in [6.45, 7) is 0. The standard InChI is InChI=1S/C21H16ClN3O4/c22-18-8-6-14(10-19(18)25(27)28)20-9-7-15(29-20)12-23-24-21(26)17-11-16(17)13-4-2-1-3-5-13/h1-10,12,16-17H,11H2,(H,24,26)/b23-12-/t16-,17+/m0/s1. The summed E-state index contributed by atoms with van der Waals surface area (Å²) in [6.07, 6.45) is 2.21. The monoisotopic (exact) mass is 409 g/mol. The van der Waals surface area contributed by atoms with E-state index in [1.54, 1.807) is 18.2 Å². The molecule has 146 valence electrons. The number of carbonyl (C=O) groups excluding carboxylic acids is 1. The summed E-state index contributed by atoms with van der Waals surface area (Å²) in [5.41, 5.74) is 4.02. The first-order valence-corrected chi connectivity index (χ1v) is 9.33. The maximum atomic E-state index is 12.2. The van der Waals surface area contributed by atoms with Crippen LogP contribution in [0, 0.1) is 16.0 Å². The number of rotatable bonds is 6. The Morgan fingerprint density at radius 3 is 2.76 bits per heavy atom. The molecule has 2 atom stereocenters. The Balaban J connectivity index is 1.37. The summed E-state index contributed by atoms with van der Waals surface area (Å²) in [5.74, 6) is 0.881. The lowest BCUT2D eigenvalue weighted by Crippen LogP contribution is -2.20. The lowest BCUT2D eigenvalue weighted by Gasteiger charge is -2.00. The van der Waals surface area contributed by atoms with Crippen LogP contribution in [0.4, 0.5) is 5.69 Å². The SMILES string of the molecule is O=C(N/N=C\c1ccc(-c2ccc(Cl)c([N+](=O)[O-])c2)o1)[C@@H]1C[C@H]1c1ccccc1. The van der Waals surface area contributed by atoms with Crippen molar-refractivity contribution < 1.29 is 14.1 Å². The average Bonchev–Trinajstić information content (AvgIpc) is 3.40. The van der Waals surface area contributed by atoms with Crippen LogP contribution in [0.25, 0.3) is 11.3 Å². The first-order chi connectivity index (χ1) is 14.0. The molecule has 0 unspecified atom stereocenters. The quantitative estimate of drug-likeness (QED) is 0.360. The van der Waals surface area contributed by atoms with E-state index in [0.29, 0.717) is 17.1 Å². The topological polar surface area (TPSA) is 97.7 Å². The van der Waals surface area contributed by atoms with Gasteiger partial charge in [0.2, 0.25) is 5.91 Å². The second-order valence-electron chi connectivity index (χ2n) is 6.72. The highest BCUT2D eigenvalue weighted by Crippen LogP contribution is 2.47. The number of hydrogen-bond acceptors (Lipinski definition) is 5. The number of hydrazone groups is 1. The van der Waals surface area contributed by atoms with E-state index in [-0.39, 0.29) is 28.5 Å². The molecule has 3 aromatic rings. The molecular formula is C21H16ClN3O4. The lowest BCUT2D eigenvalue weighted by molar-refractivity contribution is -0.384. The first-order valence-electron chi connectivity index (χ1n) is 8.95. The van der Waals surface area contributed by atoms with Gasteiger partial charge >= 0.3 is 0 Å². The highest BCUT2D eigenvalue weighted by atomic mass is 35.5. The largest absolute Gasteiger partial charge is 0.455 e. The van der Waals surface area contributed by atoms with E-state index in [0.717, 1.165) is 12.0 Å². The van der Waals surface area contributed by atoms with E-state index in [1.807, 2.05) is 30.3 Å². The first kappa shape index (κ1) is 18.9. The van der Waals surface area contributed by atoms with E-state index in [2.05, 4.69) is 10.5 Å². The molecule has 4 rings (SSSR count). The molecule has 8 heteroatoms. The molecule has 0 spiro atoms. The molecule has 29 heavy (non-hydrogen) atoms. The van der Waals surface area contributed by atoms with Gasteiger partial charge in [0, 0.05) is 17.5 Å². The minimum atomic E-state index is -0.548. The molecule has 2 aromatic carbocycles. The number of amides is 1. The molecular weight excluding hydrogens is 394 g/mol. The normalized spacial score (nSPS) is 18.0. The van der Waals surface area contributed by atoms with Gasteiger partial charge in [0.25, 0.3) is 5.69 Å². The molecule has 0 saturated heterocycles. The van der Waals surface area contributed by atoms with Crippen LogP contribution in [0.1, 0.15) is 23.7 Å². The van der Waals surface area contributed by atoms with Crippen LogP contribution in [0.15, 0.2) is 70.2 Å². The van der Waals surface area contributed by atoms with Crippen molar-refractivity contribution in [3.63, 3.8) is 0 Å². The zero-order valence-electron chi connectivity index (χ0n) is 15.1. The van der Waals surface area contributed by atoms with Crippen molar-refractivity contribution in [1.29, 1.82) is 0 Å². The summed E-state index contributed by atoms with van der Waals surface area (Å²) in [7, 11) is 0. The van der Waals surface area contributed by atoms with Crippen LogP contribution in [-0.4, -0.2) is 17.0 Å². The Morgan fingerprint density at radius 1 is 1.21 bits per heavy atom. The number of furan rings is 1. The van der Waals surface area contributed by atoms with Gasteiger partial charge < -0.3 is 4.42 Å². The number of carbonyl (C=O) groups is 1. The van der Waals surface area contributed by atoms with E-state index in [9.17, 15) is 14.9 Å². The van der Waals surface area contributed by atoms with Crippen LogP contribution >= 0.6 is 11.6 Å². The van der Waals surface area contributed by atoms with Crippen LogP contribution in [0.5, 0.6) is 0 Å². The number of nitro benzene ring substituents is 1. The molecule has 0 bridgehead atoms. The van der Waals surface area contributed by atoms with Crippen molar-refractivity contribution in [3.05, 3.63) is 87.1 Å². The molecule has 0 radical (unpaired) electrons. The fourth-order valence-corrected chi connectivity index (χ4v) is 3.37. The fourth-order valence-electron chi connectivity index (χ4n) is 3.18. The minimum Gasteiger partial charge on any atom is -0.455 e. The Bertz CT molecular complexity index is 1090. The second kappa shape index (κ2) is 7.89. The van der Waals surface area contributed by atoms with E-state index in [4.69, 9.17) is 16.0 Å². The highest BCUT2D eigenvalue weighted by Gasteiger charge is 2.43. The summed E-state index contributed by atoms with van der Waals surface area (Å²) in [4.78, 5) is 22.7. The van der Waals surface area contributed by atoms with Crippen LogP contribution < -0.4 is 5.43 Å². The second-order valence-corrected chi connectivity index (χ2v) is 7.13. The van der Waals surface area contributed by atoms with Crippen LogP contribution in [0.2, 0.25) is 5.02 Å². The smallest absolute Gasteiger partial charge is 0.288 e. The molecule has 0 aliphatic heterocycles. The van der Waals surface area contributed by atoms with Crippen molar-refractivity contribution in [1.82, 2.24) is 5.43 Å². The molecule has 1 saturated carbocycles. The fraction of sp³-hybridized carbons (Fsp3) is 0.143. The van der Waals surface area contributed by atoms with Gasteiger partial charge in [-0.2, -0.15) is 5.10 Å². The van der Waals surface area contributed by atoms with Gasteiger partial charge in [0.1, 0.15) is 16.5 Å². The van der Waals surface area contributed by atoms with Gasteiger partial charge in [-0.1, -0.05) is 41.9 Å². The van der Waals surface area contributed by atoms with Crippen molar-refractivity contribution in [2.75, 3.05) is 0 Å². The van der Waals surface area contributed by atoms with Crippen LogP contribution in [-0.2, 0) is 4.79 Å². The maximum absolute atomic E-state index is 12.2. The van der Waals surface area contributed by atoms with Crippen molar-refractivity contribution in [2.45, 2.75) is 12.3 Å². The van der Waals surface area contributed by atoms with E-state index in [1.165, 1.54) is 18.3 Å². The van der Waals surface area contributed by atoms with Crippen molar-refractivity contribution in [2.24, 2.45) is 11.0 Å². The number of nitro groups is 1. The third-order valence-corrected chi connectivity index (χ3v) is 5.10. The minimum absolute atomic E-state index is 0.0590. The number of hydrogen-bond donors (Lipinski definition) is 1. The van der Waals surface area contributed by atoms with Crippen molar-refractivity contribution in [3.8, 4) is 11.3 Å². The van der Waals surface area contributed by atoms with Gasteiger partial charge in [0.05, 0.1) is 11.1 Å². The molecule has 1 aromatic heterocycles. The molecule has 1 aliphatic carbocycles. The molecule has 1 aliphatic rings. The number of nitrogens with zero attached hydrogens (tertiary/aromatic N) is 2. The average molecular weight is 410 g/mol. The van der Waals surface area contributed by atoms with Gasteiger partial charge in [0.15, 0.2) is 0 Å². The molecule has 1 heterocycles. The third-order valence-electron chi connectivity index (χ3n) is 4.78. The lowest BCUT2D eigenvalue weighted by atomic mass is 10.1. The van der Waals surface area contributed by atoms with Gasteiger partial charge in [-0.15, -0.1) is 0 Å².